The molecule has 1 aliphatic rings. The molecule has 6 nitrogen and oxygen atoms in total. The number of esters is 1. The van der Waals surface area contributed by atoms with Crippen LogP contribution in [0.25, 0.3) is 0 Å². The monoisotopic (exact) mass is 392 g/mol. The van der Waals surface area contributed by atoms with E-state index in [-0.39, 0.29) is 31.7 Å². The van der Waals surface area contributed by atoms with Crippen molar-refractivity contribution in [3.63, 3.8) is 0 Å². The molecule has 0 amide bonds. The first-order valence-electron chi connectivity index (χ1n) is 10.3. The fourth-order valence-corrected chi connectivity index (χ4v) is 2.98. The Bertz CT molecular complexity index is 577. The minimum absolute atomic E-state index is 0.0246. The van der Waals surface area contributed by atoms with Gasteiger partial charge in [0.15, 0.2) is 6.29 Å². The Morgan fingerprint density at radius 2 is 1.93 bits per heavy atom. The summed E-state index contributed by atoms with van der Waals surface area (Å²) >= 11 is 0. The lowest BCUT2D eigenvalue weighted by Crippen LogP contribution is -2.22. The molecule has 1 unspecified atom stereocenters. The average Bonchev–Trinajstić information content (AvgIpc) is 2.70. The van der Waals surface area contributed by atoms with Crippen LogP contribution in [0.5, 0.6) is 5.75 Å². The maximum absolute atomic E-state index is 11.5. The summed E-state index contributed by atoms with van der Waals surface area (Å²) in [6.45, 7) is 3.82. The predicted octanol–water partition coefficient (Wildman–Crippen LogP) is 3.84. The molecule has 2 rings (SSSR count). The molecule has 1 atom stereocenters. The van der Waals surface area contributed by atoms with Gasteiger partial charge in [0, 0.05) is 13.0 Å². The second-order valence-electron chi connectivity index (χ2n) is 6.95. The summed E-state index contributed by atoms with van der Waals surface area (Å²) in [5, 5.41) is 0. The van der Waals surface area contributed by atoms with E-state index in [0.29, 0.717) is 13.0 Å². The van der Waals surface area contributed by atoms with Crippen molar-refractivity contribution in [1.82, 2.24) is 0 Å². The van der Waals surface area contributed by atoms with E-state index in [1.807, 2.05) is 31.2 Å². The number of rotatable bonds is 13. The third-order valence-electron chi connectivity index (χ3n) is 4.46. The number of hydrogen-bond acceptors (Lipinski definition) is 6. The van der Waals surface area contributed by atoms with E-state index in [9.17, 15) is 9.59 Å². The van der Waals surface area contributed by atoms with Crippen molar-refractivity contribution in [3.05, 3.63) is 29.8 Å². The summed E-state index contributed by atoms with van der Waals surface area (Å²) in [7, 11) is 0. The SMILES string of the molecule is CCCC(=O)CC(=O)OCCOc1ccc(CCCOC2CCCCO2)cc1. The van der Waals surface area contributed by atoms with Crippen molar-refractivity contribution < 1.29 is 28.5 Å². The molecule has 0 aliphatic carbocycles. The highest BCUT2D eigenvalue weighted by Crippen LogP contribution is 2.16. The first-order valence-corrected chi connectivity index (χ1v) is 10.3. The van der Waals surface area contributed by atoms with Gasteiger partial charge in [-0.25, -0.2) is 0 Å². The van der Waals surface area contributed by atoms with E-state index in [0.717, 1.165) is 44.5 Å². The number of aryl methyl sites for hydroxylation is 1. The van der Waals surface area contributed by atoms with Crippen LogP contribution in [0.1, 0.15) is 57.4 Å². The van der Waals surface area contributed by atoms with Crippen LogP contribution < -0.4 is 4.74 Å². The molecule has 156 valence electrons. The van der Waals surface area contributed by atoms with E-state index in [2.05, 4.69) is 0 Å². The van der Waals surface area contributed by atoms with Gasteiger partial charge in [-0.05, 0) is 56.2 Å². The topological polar surface area (TPSA) is 71.1 Å². The lowest BCUT2D eigenvalue weighted by Gasteiger charge is -2.22. The van der Waals surface area contributed by atoms with Gasteiger partial charge in [-0.3, -0.25) is 9.59 Å². The fourth-order valence-electron chi connectivity index (χ4n) is 2.98. The Balaban J connectivity index is 1.54. The van der Waals surface area contributed by atoms with Crippen LogP contribution in [-0.4, -0.2) is 44.5 Å². The average molecular weight is 392 g/mol. The number of ether oxygens (including phenoxy) is 4. The Labute approximate surface area is 167 Å². The standard InChI is InChI=1S/C22H32O6/c1-2-6-19(23)17-21(24)26-16-15-25-20-11-9-18(10-12-20)7-5-14-28-22-8-3-4-13-27-22/h9-12,22H,2-8,13-17H2,1H3. The summed E-state index contributed by atoms with van der Waals surface area (Å²) in [4.78, 5) is 22.9. The van der Waals surface area contributed by atoms with Crippen molar-refractivity contribution >= 4 is 11.8 Å². The van der Waals surface area contributed by atoms with E-state index in [1.54, 1.807) is 0 Å². The lowest BCUT2D eigenvalue weighted by atomic mass is 10.1. The first kappa shape index (κ1) is 22.4. The molecule has 6 heteroatoms. The van der Waals surface area contributed by atoms with Crippen molar-refractivity contribution in [1.29, 1.82) is 0 Å². The molecule has 1 aliphatic heterocycles. The van der Waals surface area contributed by atoms with Crippen LogP contribution in [0.4, 0.5) is 0 Å². The molecular formula is C22H32O6. The van der Waals surface area contributed by atoms with Crippen molar-refractivity contribution in [2.45, 2.75) is 64.6 Å². The van der Waals surface area contributed by atoms with Gasteiger partial charge in [0.05, 0.1) is 6.61 Å². The molecule has 1 heterocycles. The van der Waals surface area contributed by atoms with Crippen LogP contribution in [-0.2, 0) is 30.2 Å². The van der Waals surface area contributed by atoms with E-state index >= 15 is 0 Å². The molecule has 0 spiro atoms. The molecule has 28 heavy (non-hydrogen) atoms. The Hall–Kier alpha value is -1.92. The Kier molecular flexibility index (Phi) is 10.6. The quantitative estimate of drug-likeness (QED) is 0.289. The third kappa shape index (κ3) is 9.33. The highest BCUT2D eigenvalue weighted by Gasteiger charge is 2.13. The predicted molar refractivity (Wildman–Crippen MR) is 105 cm³/mol. The van der Waals surface area contributed by atoms with Gasteiger partial charge in [-0.2, -0.15) is 0 Å². The van der Waals surface area contributed by atoms with Crippen molar-refractivity contribution in [3.8, 4) is 5.75 Å². The molecule has 0 radical (unpaired) electrons. The zero-order valence-electron chi connectivity index (χ0n) is 16.8. The van der Waals surface area contributed by atoms with Gasteiger partial charge in [0.2, 0.25) is 0 Å². The summed E-state index contributed by atoms with van der Waals surface area (Å²) in [5.41, 5.74) is 1.22. The zero-order valence-corrected chi connectivity index (χ0v) is 16.8. The van der Waals surface area contributed by atoms with Crippen LogP contribution >= 0.6 is 0 Å². The number of carbonyl (C=O) groups is 2. The smallest absolute Gasteiger partial charge is 0.313 e. The maximum atomic E-state index is 11.5. The molecule has 1 aromatic carbocycles. The number of benzene rings is 1. The zero-order chi connectivity index (χ0) is 20.0. The number of ketones is 1. The molecule has 0 aromatic heterocycles. The van der Waals surface area contributed by atoms with E-state index in [4.69, 9.17) is 18.9 Å². The largest absolute Gasteiger partial charge is 0.490 e. The maximum Gasteiger partial charge on any atom is 0.313 e. The summed E-state index contributed by atoms with van der Waals surface area (Å²) in [5.74, 6) is 0.160. The van der Waals surface area contributed by atoms with Crippen LogP contribution in [0.2, 0.25) is 0 Å². The molecule has 1 fully saturated rings. The first-order chi connectivity index (χ1) is 13.7. The van der Waals surface area contributed by atoms with E-state index in [1.165, 1.54) is 12.0 Å². The van der Waals surface area contributed by atoms with Crippen molar-refractivity contribution in [2.75, 3.05) is 26.4 Å². The minimum Gasteiger partial charge on any atom is -0.490 e. The highest BCUT2D eigenvalue weighted by atomic mass is 16.7. The summed E-state index contributed by atoms with van der Waals surface area (Å²) < 4.78 is 21.9. The van der Waals surface area contributed by atoms with Gasteiger partial charge in [-0.15, -0.1) is 0 Å². The normalized spacial score (nSPS) is 16.5. The minimum atomic E-state index is -0.488. The van der Waals surface area contributed by atoms with Gasteiger partial charge in [-0.1, -0.05) is 19.1 Å². The number of hydrogen-bond donors (Lipinski definition) is 0. The van der Waals surface area contributed by atoms with Crippen LogP contribution in [0, 0.1) is 0 Å². The van der Waals surface area contributed by atoms with Crippen LogP contribution in [0.15, 0.2) is 24.3 Å². The van der Waals surface area contributed by atoms with Crippen molar-refractivity contribution in [2.24, 2.45) is 0 Å². The second kappa shape index (κ2) is 13.3. The molecule has 0 saturated carbocycles. The van der Waals surface area contributed by atoms with Gasteiger partial charge in [0.1, 0.15) is 31.2 Å². The summed E-state index contributed by atoms with van der Waals surface area (Å²) in [6, 6.07) is 7.88. The molecular weight excluding hydrogens is 360 g/mol. The highest BCUT2D eigenvalue weighted by molar-refractivity contribution is 5.95. The number of Topliss-reactive ketones (excluding diaryl/α,β-unsaturated/α-hetero) is 1. The van der Waals surface area contributed by atoms with Gasteiger partial charge < -0.3 is 18.9 Å². The fraction of sp³-hybridized carbons (Fsp3) is 0.636. The number of carbonyl (C=O) groups excluding carboxylic acids is 2. The molecule has 0 N–H and O–H groups in total. The summed E-state index contributed by atoms with van der Waals surface area (Å²) in [6.07, 6.45) is 6.19. The van der Waals surface area contributed by atoms with Crippen LogP contribution in [0.3, 0.4) is 0 Å². The Morgan fingerprint density at radius 1 is 1.11 bits per heavy atom. The third-order valence-corrected chi connectivity index (χ3v) is 4.46. The molecule has 1 aromatic rings. The second-order valence-corrected chi connectivity index (χ2v) is 6.95. The molecule has 0 bridgehead atoms. The van der Waals surface area contributed by atoms with Gasteiger partial charge >= 0.3 is 5.97 Å². The van der Waals surface area contributed by atoms with Gasteiger partial charge in [0.25, 0.3) is 0 Å². The molecule has 1 saturated heterocycles. The Morgan fingerprint density at radius 3 is 2.64 bits per heavy atom. The van der Waals surface area contributed by atoms with E-state index < -0.39 is 5.97 Å². The lowest BCUT2D eigenvalue weighted by molar-refractivity contribution is -0.162.